The van der Waals surface area contributed by atoms with Crippen LogP contribution in [0.15, 0.2) is 35.5 Å². The van der Waals surface area contributed by atoms with Gasteiger partial charge in [0.1, 0.15) is 6.61 Å². The van der Waals surface area contributed by atoms with E-state index in [2.05, 4.69) is 12.1 Å². The molecule has 0 heterocycles. The van der Waals surface area contributed by atoms with Crippen LogP contribution in [0.25, 0.3) is 0 Å². The van der Waals surface area contributed by atoms with Gasteiger partial charge in [0.05, 0.1) is 0 Å². The summed E-state index contributed by atoms with van der Waals surface area (Å²) in [4.78, 5) is 4.87. The molecule has 1 rings (SSSR count). The van der Waals surface area contributed by atoms with Crippen LogP contribution in [-0.2, 0) is 11.4 Å². The minimum atomic E-state index is -4.42. The summed E-state index contributed by atoms with van der Waals surface area (Å²) in [6, 6.07) is 9.03. The first-order valence-corrected chi connectivity index (χ1v) is 7.84. The third kappa shape index (κ3) is 8.05. The van der Waals surface area contributed by atoms with E-state index in [1.54, 1.807) is 12.1 Å². The van der Waals surface area contributed by atoms with Crippen LogP contribution in [0, 0.1) is 0 Å². The van der Waals surface area contributed by atoms with Crippen molar-refractivity contribution in [1.82, 2.24) is 0 Å². The Hall–Kier alpha value is -1.52. The molecule has 5 heteroatoms. The summed E-state index contributed by atoms with van der Waals surface area (Å²) in [6.07, 6.45) is 1.13. The van der Waals surface area contributed by atoms with E-state index in [9.17, 15) is 13.2 Å². The highest BCUT2D eigenvalue weighted by Crippen LogP contribution is 2.22. The van der Waals surface area contributed by atoms with Gasteiger partial charge in [0.25, 0.3) is 0 Å². The van der Waals surface area contributed by atoms with E-state index in [-0.39, 0.29) is 13.0 Å². The summed E-state index contributed by atoms with van der Waals surface area (Å²) >= 11 is 0. The van der Waals surface area contributed by atoms with Crippen LogP contribution in [0.1, 0.15) is 57.4 Å². The largest absolute Gasteiger partial charge is 0.432 e. The van der Waals surface area contributed by atoms with Crippen molar-refractivity contribution in [2.45, 2.75) is 64.7 Å². The minimum absolute atomic E-state index is 0.0525. The van der Waals surface area contributed by atoms with E-state index in [0.29, 0.717) is 6.42 Å². The maximum atomic E-state index is 12.9. The van der Waals surface area contributed by atoms with Gasteiger partial charge in [-0.05, 0) is 18.4 Å². The Kier molecular flexibility index (Phi) is 8.63. The zero-order valence-electron chi connectivity index (χ0n) is 13.0. The van der Waals surface area contributed by atoms with Gasteiger partial charge in [-0.3, -0.25) is 0 Å². The minimum Gasteiger partial charge on any atom is -0.391 e. The SMILES string of the molecule is CCCCCCCC/C(=N/OCc1ccccc1)C(F)(F)F. The van der Waals surface area contributed by atoms with Crippen molar-refractivity contribution in [2.24, 2.45) is 5.16 Å². The second-order valence-electron chi connectivity index (χ2n) is 5.31. The molecule has 124 valence electrons. The van der Waals surface area contributed by atoms with Crippen LogP contribution >= 0.6 is 0 Å². The smallest absolute Gasteiger partial charge is 0.391 e. The van der Waals surface area contributed by atoms with E-state index in [1.165, 1.54) is 0 Å². The molecule has 0 N–H and O–H groups in total. The molecule has 0 amide bonds. The zero-order valence-corrected chi connectivity index (χ0v) is 13.0. The number of alkyl halides is 3. The molecule has 0 unspecified atom stereocenters. The Balaban J connectivity index is 2.38. The Labute approximate surface area is 130 Å². The van der Waals surface area contributed by atoms with Crippen LogP contribution < -0.4 is 0 Å². The van der Waals surface area contributed by atoms with E-state index < -0.39 is 11.9 Å². The summed E-state index contributed by atoms with van der Waals surface area (Å²) in [6.45, 7) is 2.16. The van der Waals surface area contributed by atoms with Gasteiger partial charge in [0.15, 0.2) is 5.71 Å². The molecule has 0 aromatic heterocycles. The molecule has 0 spiro atoms. The Bertz CT molecular complexity index is 429. The van der Waals surface area contributed by atoms with E-state index in [0.717, 1.165) is 37.7 Å². The summed E-state index contributed by atoms with van der Waals surface area (Å²) in [5, 5.41) is 3.32. The van der Waals surface area contributed by atoms with Crippen LogP contribution in [0.5, 0.6) is 0 Å². The standard InChI is InChI=1S/C17H24F3NO/c1-2-3-4-5-6-10-13-16(17(18,19)20)21-22-14-15-11-8-7-9-12-15/h7-9,11-12H,2-6,10,13-14H2,1H3/b21-16-. The molecule has 22 heavy (non-hydrogen) atoms. The van der Waals surface area contributed by atoms with Gasteiger partial charge < -0.3 is 4.84 Å². The Morgan fingerprint density at radius 1 is 1.00 bits per heavy atom. The lowest BCUT2D eigenvalue weighted by atomic mass is 10.1. The lowest BCUT2D eigenvalue weighted by molar-refractivity contribution is -0.0645. The molecule has 0 aliphatic heterocycles. The topological polar surface area (TPSA) is 21.6 Å². The lowest BCUT2D eigenvalue weighted by Crippen LogP contribution is -2.23. The molecule has 0 saturated carbocycles. The molecule has 0 aliphatic rings. The van der Waals surface area contributed by atoms with Crippen molar-refractivity contribution in [3.8, 4) is 0 Å². The van der Waals surface area contributed by atoms with Crippen LogP contribution in [0.2, 0.25) is 0 Å². The van der Waals surface area contributed by atoms with Crippen molar-refractivity contribution < 1.29 is 18.0 Å². The molecule has 0 atom stereocenters. The predicted molar refractivity (Wildman–Crippen MR) is 82.7 cm³/mol. The summed E-state index contributed by atoms with van der Waals surface area (Å²) in [7, 11) is 0. The van der Waals surface area contributed by atoms with Crippen LogP contribution in [0.3, 0.4) is 0 Å². The van der Waals surface area contributed by atoms with Gasteiger partial charge >= 0.3 is 6.18 Å². The number of halogens is 3. The first-order valence-electron chi connectivity index (χ1n) is 7.84. The van der Waals surface area contributed by atoms with Crippen molar-refractivity contribution in [3.05, 3.63) is 35.9 Å². The maximum Gasteiger partial charge on any atom is 0.432 e. The fourth-order valence-corrected chi connectivity index (χ4v) is 2.07. The van der Waals surface area contributed by atoms with Crippen molar-refractivity contribution >= 4 is 5.71 Å². The highest BCUT2D eigenvalue weighted by molar-refractivity contribution is 5.89. The monoisotopic (exact) mass is 315 g/mol. The number of hydrogen-bond donors (Lipinski definition) is 0. The number of oxime groups is 1. The molecule has 0 radical (unpaired) electrons. The normalized spacial score (nSPS) is 12.5. The van der Waals surface area contributed by atoms with E-state index in [1.807, 2.05) is 18.2 Å². The number of benzene rings is 1. The second kappa shape index (κ2) is 10.2. The number of nitrogens with zero attached hydrogens (tertiary/aromatic N) is 1. The maximum absolute atomic E-state index is 12.9. The van der Waals surface area contributed by atoms with E-state index in [4.69, 9.17) is 4.84 Å². The van der Waals surface area contributed by atoms with Gasteiger partial charge in [0, 0.05) is 0 Å². The Morgan fingerprint density at radius 2 is 1.64 bits per heavy atom. The van der Waals surface area contributed by atoms with Gasteiger partial charge in [-0.15, -0.1) is 0 Å². The Morgan fingerprint density at radius 3 is 2.27 bits per heavy atom. The molecule has 0 fully saturated rings. The van der Waals surface area contributed by atoms with Gasteiger partial charge in [-0.1, -0.05) is 74.5 Å². The fraction of sp³-hybridized carbons (Fsp3) is 0.588. The molecule has 2 nitrogen and oxygen atoms in total. The molecule has 0 saturated heterocycles. The molecule has 0 aliphatic carbocycles. The first-order chi connectivity index (χ1) is 10.5. The summed E-state index contributed by atoms with van der Waals surface area (Å²) < 4.78 is 38.6. The average molecular weight is 315 g/mol. The van der Waals surface area contributed by atoms with Crippen LogP contribution in [0.4, 0.5) is 13.2 Å². The third-order valence-corrected chi connectivity index (χ3v) is 3.34. The van der Waals surface area contributed by atoms with Gasteiger partial charge in [0.2, 0.25) is 0 Å². The lowest BCUT2D eigenvalue weighted by Gasteiger charge is -2.10. The van der Waals surface area contributed by atoms with Crippen molar-refractivity contribution in [2.75, 3.05) is 0 Å². The molecular formula is C17H24F3NO. The van der Waals surface area contributed by atoms with Crippen LogP contribution in [-0.4, -0.2) is 11.9 Å². The second-order valence-corrected chi connectivity index (χ2v) is 5.31. The zero-order chi connectivity index (χ0) is 16.3. The third-order valence-electron chi connectivity index (χ3n) is 3.34. The van der Waals surface area contributed by atoms with Crippen molar-refractivity contribution in [3.63, 3.8) is 0 Å². The highest BCUT2D eigenvalue weighted by atomic mass is 19.4. The van der Waals surface area contributed by atoms with Gasteiger partial charge in [-0.2, -0.15) is 13.2 Å². The van der Waals surface area contributed by atoms with E-state index >= 15 is 0 Å². The summed E-state index contributed by atoms with van der Waals surface area (Å²) in [5.41, 5.74) is -0.0220. The molecular weight excluding hydrogens is 291 g/mol. The highest BCUT2D eigenvalue weighted by Gasteiger charge is 2.35. The van der Waals surface area contributed by atoms with Crippen molar-refractivity contribution in [1.29, 1.82) is 0 Å². The van der Waals surface area contributed by atoms with Gasteiger partial charge in [-0.25, -0.2) is 0 Å². The average Bonchev–Trinajstić information content (AvgIpc) is 2.49. The summed E-state index contributed by atoms with van der Waals surface area (Å²) in [5.74, 6) is 0. The fourth-order valence-electron chi connectivity index (χ4n) is 2.07. The molecule has 1 aromatic rings. The number of unbranched alkanes of at least 4 members (excludes halogenated alkanes) is 5. The number of hydrogen-bond acceptors (Lipinski definition) is 2. The first kappa shape index (κ1) is 18.5. The predicted octanol–water partition coefficient (Wildman–Crippen LogP) is 5.87. The molecule has 1 aromatic carbocycles. The molecule has 0 bridgehead atoms. The quantitative estimate of drug-likeness (QED) is 0.300. The number of rotatable bonds is 10.